The van der Waals surface area contributed by atoms with E-state index in [1.165, 1.54) is 27.8 Å². The van der Waals surface area contributed by atoms with Crippen LogP contribution in [0.25, 0.3) is 22.2 Å². The SMILES string of the molecule is c1ccc(Nc2c3c(nc4ccccc24)-c2ccccc2C3)cc1. The number of para-hydroxylation sites is 2. The molecule has 0 fully saturated rings. The molecule has 24 heavy (non-hydrogen) atoms. The molecule has 0 saturated heterocycles. The third-order valence-corrected chi connectivity index (χ3v) is 4.68. The minimum atomic E-state index is 0.929. The van der Waals surface area contributed by atoms with Gasteiger partial charge in [-0.25, -0.2) is 4.98 Å². The molecule has 1 heterocycles. The molecule has 3 aromatic carbocycles. The average molecular weight is 308 g/mol. The van der Waals surface area contributed by atoms with Crippen molar-refractivity contribution in [3.05, 3.63) is 90.0 Å². The minimum absolute atomic E-state index is 0.929. The summed E-state index contributed by atoms with van der Waals surface area (Å²) in [5.41, 5.74) is 8.33. The molecule has 0 radical (unpaired) electrons. The molecule has 0 atom stereocenters. The van der Waals surface area contributed by atoms with Gasteiger partial charge in [-0.05, 0) is 23.8 Å². The first-order chi connectivity index (χ1) is 11.9. The van der Waals surface area contributed by atoms with Gasteiger partial charge < -0.3 is 5.32 Å². The molecule has 2 nitrogen and oxygen atoms in total. The first-order valence-corrected chi connectivity index (χ1v) is 8.22. The van der Waals surface area contributed by atoms with Gasteiger partial charge in [-0.3, -0.25) is 0 Å². The lowest BCUT2D eigenvalue weighted by atomic mass is 10.1. The summed E-state index contributed by atoms with van der Waals surface area (Å²) >= 11 is 0. The second kappa shape index (κ2) is 5.20. The van der Waals surface area contributed by atoms with Crippen LogP contribution in [0.1, 0.15) is 11.1 Å². The predicted octanol–water partition coefficient (Wildman–Crippen LogP) is 5.55. The molecule has 1 aliphatic rings. The van der Waals surface area contributed by atoms with E-state index in [-0.39, 0.29) is 0 Å². The van der Waals surface area contributed by atoms with E-state index >= 15 is 0 Å². The van der Waals surface area contributed by atoms with Gasteiger partial charge in [0, 0.05) is 28.6 Å². The Kier molecular flexibility index (Phi) is 2.89. The van der Waals surface area contributed by atoms with Gasteiger partial charge in [0.1, 0.15) is 0 Å². The van der Waals surface area contributed by atoms with Crippen LogP contribution < -0.4 is 5.32 Å². The van der Waals surface area contributed by atoms with Crippen molar-refractivity contribution < 1.29 is 0 Å². The maximum Gasteiger partial charge on any atom is 0.0768 e. The Morgan fingerprint density at radius 3 is 2.42 bits per heavy atom. The number of nitrogens with one attached hydrogen (secondary N) is 1. The van der Waals surface area contributed by atoms with Gasteiger partial charge in [-0.15, -0.1) is 0 Å². The highest BCUT2D eigenvalue weighted by Crippen LogP contribution is 2.42. The summed E-state index contributed by atoms with van der Waals surface area (Å²) in [5.74, 6) is 0. The fourth-order valence-corrected chi connectivity index (χ4v) is 3.55. The molecule has 0 unspecified atom stereocenters. The molecule has 4 aromatic rings. The Bertz CT molecular complexity index is 1050. The maximum absolute atomic E-state index is 4.96. The number of aromatic nitrogens is 1. The quantitative estimate of drug-likeness (QED) is 0.462. The number of hydrogen-bond donors (Lipinski definition) is 1. The monoisotopic (exact) mass is 308 g/mol. The Hall–Kier alpha value is -3.13. The lowest BCUT2D eigenvalue weighted by Crippen LogP contribution is -1.98. The normalized spacial score (nSPS) is 12.0. The molecular formula is C22H16N2. The van der Waals surface area contributed by atoms with Crippen molar-refractivity contribution in [2.75, 3.05) is 5.32 Å². The second-order valence-corrected chi connectivity index (χ2v) is 6.16. The van der Waals surface area contributed by atoms with Crippen LogP contribution in [0.5, 0.6) is 0 Å². The van der Waals surface area contributed by atoms with Crippen molar-refractivity contribution in [2.45, 2.75) is 6.42 Å². The Morgan fingerprint density at radius 1 is 0.750 bits per heavy atom. The number of fused-ring (bicyclic) bond motifs is 4. The average Bonchev–Trinajstić information content (AvgIpc) is 3.01. The zero-order valence-corrected chi connectivity index (χ0v) is 13.2. The molecular weight excluding hydrogens is 292 g/mol. The summed E-state index contributed by atoms with van der Waals surface area (Å²) in [6.45, 7) is 0. The van der Waals surface area contributed by atoms with Gasteiger partial charge in [0.15, 0.2) is 0 Å². The van der Waals surface area contributed by atoms with Crippen LogP contribution in [-0.2, 0) is 6.42 Å². The molecule has 0 bridgehead atoms. The fraction of sp³-hybridized carbons (Fsp3) is 0.0455. The molecule has 0 aliphatic heterocycles. The standard InChI is InChI=1S/C22H16N2/c1-2-9-16(10-3-1)23-22-18-12-6-7-13-20(18)24-21-17-11-5-4-8-15(17)14-19(21)22/h1-13H,14H2,(H,23,24). The molecule has 2 heteroatoms. The molecule has 5 rings (SSSR count). The van der Waals surface area contributed by atoms with Crippen LogP contribution in [0, 0.1) is 0 Å². The van der Waals surface area contributed by atoms with Gasteiger partial charge in [-0.2, -0.15) is 0 Å². The summed E-state index contributed by atoms with van der Waals surface area (Å²) in [7, 11) is 0. The number of hydrogen-bond acceptors (Lipinski definition) is 2. The number of anilines is 2. The Balaban J connectivity index is 1.78. The van der Waals surface area contributed by atoms with Crippen molar-refractivity contribution in [1.82, 2.24) is 4.98 Å². The van der Waals surface area contributed by atoms with Crippen molar-refractivity contribution in [1.29, 1.82) is 0 Å². The van der Waals surface area contributed by atoms with Crippen LogP contribution in [0.3, 0.4) is 0 Å². The maximum atomic E-state index is 4.96. The van der Waals surface area contributed by atoms with Gasteiger partial charge >= 0.3 is 0 Å². The summed E-state index contributed by atoms with van der Waals surface area (Å²) in [5, 5.41) is 4.82. The first-order valence-electron chi connectivity index (χ1n) is 8.22. The van der Waals surface area contributed by atoms with E-state index in [0.29, 0.717) is 0 Å². The zero-order chi connectivity index (χ0) is 15.9. The molecule has 0 saturated carbocycles. The molecule has 1 N–H and O–H groups in total. The van der Waals surface area contributed by atoms with Crippen LogP contribution >= 0.6 is 0 Å². The lowest BCUT2D eigenvalue weighted by molar-refractivity contribution is 1.25. The first kappa shape index (κ1) is 13.3. The highest BCUT2D eigenvalue weighted by atomic mass is 14.9. The lowest BCUT2D eigenvalue weighted by Gasteiger charge is -2.14. The number of pyridine rings is 1. The van der Waals surface area contributed by atoms with Gasteiger partial charge in [0.05, 0.1) is 16.9 Å². The van der Waals surface area contributed by atoms with Crippen LogP contribution in [-0.4, -0.2) is 4.98 Å². The molecule has 0 spiro atoms. The van der Waals surface area contributed by atoms with Crippen molar-refractivity contribution in [2.24, 2.45) is 0 Å². The third-order valence-electron chi connectivity index (χ3n) is 4.68. The second-order valence-electron chi connectivity index (χ2n) is 6.16. The predicted molar refractivity (Wildman–Crippen MR) is 99.7 cm³/mol. The van der Waals surface area contributed by atoms with Gasteiger partial charge in [0.2, 0.25) is 0 Å². The van der Waals surface area contributed by atoms with Crippen molar-refractivity contribution in [3.8, 4) is 11.3 Å². The highest BCUT2D eigenvalue weighted by molar-refractivity contribution is 5.99. The minimum Gasteiger partial charge on any atom is -0.355 e. The summed E-state index contributed by atoms with van der Waals surface area (Å²) < 4.78 is 0. The highest BCUT2D eigenvalue weighted by Gasteiger charge is 2.24. The van der Waals surface area contributed by atoms with E-state index < -0.39 is 0 Å². The van der Waals surface area contributed by atoms with Crippen molar-refractivity contribution in [3.63, 3.8) is 0 Å². The number of rotatable bonds is 2. The van der Waals surface area contributed by atoms with Gasteiger partial charge in [0.25, 0.3) is 0 Å². The number of nitrogens with zero attached hydrogens (tertiary/aromatic N) is 1. The molecule has 1 aromatic heterocycles. The largest absolute Gasteiger partial charge is 0.355 e. The topological polar surface area (TPSA) is 24.9 Å². The van der Waals surface area contributed by atoms with E-state index in [1.54, 1.807) is 0 Å². The Labute approximate surface area is 140 Å². The molecule has 0 amide bonds. The number of benzene rings is 3. The summed E-state index contributed by atoms with van der Waals surface area (Å²) in [6.07, 6.45) is 0.929. The zero-order valence-electron chi connectivity index (χ0n) is 13.2. The fourth-order valence-electron chi connectivity index (χ4n) is 3.55. The Morgan fingerprint density at radius 2 is 1.50 bits per heavy atom. The van der Waals surface area contributed by atoms with Crippen LogP contribution in [0.15, 0.2) is 78.9 Å². The third kappa shape index (κ3) is 2.00. The van der Waals surface area contributed by atoms with E-state index in [4.69, 9.17) is 4.98 Å². The molecule has 114 valence electrons. The molecule has 1 aliphatic carbocycles. The smallest absolute Gasteiger partial charge is 0.0768 e. The van der Waals surface area contributed by atoms with E-state index in [0.717, 1.165) is 23.3 Å². The van der Waals surface area contributed by atoms with E-state index in [2.05, 4.69) is 78.1 Å². The van der Waals surface area contributed by atoms with Crippen molar-refractivity contribution >= 4 is 22.3 Å². The summed E-state index contributed by atoms with van der Waals surface area (Å²) in [4.78, 5) is 4.96. The van der Waals surface area contributed by atoms with E-state index in [1.807, 2.05) is 6.07 Å². The summed E-state index contributed by atoms with van der Waals surface area (Å²) in [6, 6.07) is 27.3. The van der Waals surface area contributed by atoms with Crippen LogP contribution in [0.2, 0.25) is 0 Å². The van der Waals surface area contributed by atoms with E-state index in [9.17, 15) is 0 Å². The van der Waals surface area contributed by atoms with Gasteiger partial charge in [-0.1, -0.05) is 60.7 Å². The van der Waals surface area contributed by atoms with Crippen LogP contribution in [0.4, 0.5) is 11.4 Å².